The monoisotopic (exact) mass is 393 g/mol. The molecule has 5 rings (SSSR count). The molecule has 3 nitrogen and oxygen atoms in total. The van der Waals surface area contributed by atoms with Crippen molar-refractivity contribution in [3.63, 3.8) is 0 Å². The summed E-state index contributed by atoms with van der Waals surface area (Å²) in [6, 6.07) is 6.66. The van der Waals surface area contributed by atoms with Crippen molar-refractivity contribution in [1.29, 1.82) is 0 Å². The zero-order valence-electron chi connectivity index (χ0n) is 16.1. The van der Waals surface area contributed by atoms with Gasteiger partial charge >= 0.3 is 0 Å². The summed E-state index contributed by atoms with van der Waals surface area (Å²) >= 11 is 1.76. The van der Waals surface area contributed by atoms with Crippen LogP contribution in [0.3, 0.4) is 0 Å². The number of benzene rings is 1. The molecule has 28 heavy (non-hydrogen) atoms. The van der Waals surface area contributed by atoms with Crippen LogP contribution >= 0.6 is 11.3 Å². The van der Waals surface area contributed by atoms with E-state index in [1.165, 1.54) is 42.1 Å². The Balaban J connectivity index is 1.45. The van der Waals surface area contributed by atoms with E-state index in [1.54, 1.807) is 16.9 Å². The van der Waals surface area contributed by atoms with Crippen LogP contribution in [0.1, 0.15) is 43.3 Å². The van der Waals surface area contributed by atoms with E-state index in [0.717, 1.165) is 30.6 Å². The molecule has 2 aromatic heterocycles. The molecular formula is C23H24FN3S. The van der Waals surface area contributed by atoms with Gasteiger partial charge in [-0.1, -0.05) is 12.5 Å². The highest BCUT2D eigenvalue weighted by molar-refractivity contribution is 7.09. The number of allylic oxidation sites excluding steroid dienone is 1. The smallest absolute Gasteiger partial charge is 0.123 e. The Morgan fingerprint density at radius 1 is 1.25 bits per heavy atom. The van der Waals surface area contributed by atoms with Gasteiger partial charge in [0.05, 0.1) is 22.7 Å². The third-order valence-electron chi connectivity index (χ3n) is 6.63. The number of halogens is 1. The first-order valence-corrected chi connectivity index (χ1v) is 10.9. The number of aromatic nitrogens is 3. The summed E-state index contributed by atoms with van der Waals surface area (Å²) in [6.07, 6.45) is 12.2. The van der Waals surface area contributed by atoms with Crippen molar-refractivity contribution in [3.8, 4) is 11.3 Å². The van der Waals surface area contributed by atoms with E-state index in [9.17, 15) is 4.39 Å². The van der Waals surface area contributed by atoms with Gasteiger partial charge in [0.2, 0.25) is 0 Å². The molecule has 1 aromatic carbocycles. The summed E-state index contributed by atoms with van der Waals surface area (Å²) < 4.78 is 15.6. The van der Waals surface area contributed by atoms with E-state index >= 15 is 0 Å². The first kappa shape index (κ1) is 17.8. The molecule has 3 aromatic rings. The van der Waals surface area contributed by atoms with Gasteiger partial charge in [0.25, 0.3) is 0 Å². The number of imidazole rings is 1. The molecule has 0 amide bonds. The SMILES string of the molecule is C[C@]12Cn3cnc(-c4ccc(F)cc4)c3C=C1CCC[C@@H]2CCc1nccs1. The molecule has 2 atom stereocenters. The number of aryl methyl sites for hydroxylation is 1. The lowest BCUT2D eigenvalue weighted by Gasteiger charge is -2.46. The Labute approximate surface area is 169 Å². The quantitative estimate of drug-likeness (QED) is 0.546. The summed E-state index contributed by atoms with van der Waals surface area (Å²) in [5.74, 6) is 0.458. The van der Waals surface area contributed by atoms with E-state index in [4.69, 9.17) is 0 Å². The van der Waals surface area contributed by atoms with Crippen LogP contribution in [0.25, 0.3) is 17.3 Å². The van der Waals surface area contributed by atoms with Crippen molar-refractivity contribution in [2.45, 2.75) is 45.6 Å². The van der Waals surface area contributed by atoms with Crippen molar-refractivity contribution < 1.29 is 4.39 Å². The largest absolute Gasteiger partial charge is 0.330 e. The second-order valence-corrected chi connectivity index (χ2v) is 9.23. The number of thiazole rings is 1. The highest BCUT2D eigenvalue weighted by atomic mass is 32.1. The van der Waals surface area contributed by atoms with Crippen LogP contribution < -0.4 is 0 Å². The fourth-order valence-corrected chi connectivity index (χ4v) is 5.66. The topological polar surface area (TPSA) is 30.7 Å². The predicted octanol–water partition coefficient (Wildman–Crippen LogP) is 5.98. The van der Waals surface area contributed by atoms with Gasteiger partial charge in [0, 0.05) is 29.1 Å². The Morgan fingerprint density at radius 2 is 2.11 bits per heavy atom. The van der Waals surface area contributed by atoms with Gasteiger partial charge in [-0.15, -0.1) is 11.3 Å². The van der Waals surface area contributed by atoms with Crippen LogP contribution in [-0.4, -0.2) is 14.5 Å². The van der Waals surface area contributed by atoms with Crippen molar-refractivity contribution in [2.75, 3.05) is 0 Å². The highest BCUT2D eigenvalue weighted by Crippen LogP contribution is 2.51. The van der Waals surface area contributed by atoms with Crippen LogP contribution in [0, 0.1) is 17.2 Å². The molecule has 0 saturated heterocycles. The van der Waals surface area contributed by atoms with Crippen molar-refractivity contribution in [1.82, 2.24) is 14.5 Å². The lowest BCUT2D eigenvalue weighted by Crippen LogP contribution is -2.39. The average Bonchev–Trinajstić information content (AvgIpc) is 3.34. The van der Waals surface area contributed by atoms with Crippen molar-refractivity contribution in [2.24, 2.45) is 11.3 Å². The lowest BCUT2D eigenvalue weighted by atomic mass is 9.61. The van der Waals surface area contributed by atoms with Gasteiger partial charge in [0.15, 0.2) is 0 Å². The van der Waals surface area contributed by atoms with E-state index in [0.29, 0.717) is 5.92 Å². The second-order valence-electron chi connectivity index (χ2n) is 8.25. The molecule has 1 saturated carbocycles. The van der Waals surface area contributed by atoms with Gasteiger partial charge in [-0.2, -0.15) is 0 Å². The number of hydrogen-bond acceptors (Lipinski definition) is 3. The van der Waals surface area contributed by atoms with Crippen molar-refractivity contribution in [3.05, 3.63) is 64.3 Å². The van der Waals surface area contributed by atoms with Gasteiger partial charge < -0.3 is 4.57 Å². The van der Waals surface area contributed by atoms with E-state index in [-0.39, 0.29) is 11.2 Å². The minimum absolute atomic E-state index is 0.184. The van der Waals surface area contributed by atoms with Crippen LogP contribution in [0.15, 0.2) is 47.7 Å². The van der Waals surface area contributed by atoms with Gasteiger partial charge in [0.1, 0.15) is 5.82 Å². The van der Waals surface area contributed by atoms with E-state index < -0.39 is 0 Å². The molecule has 5 heteroatoms. The zero-order valence-corrected chi connectivity index (χ0v) is 16.9. The van der Waals surface area contributed by atoms with Crippen molar-refractivity contribution >= 4 is 17.4 Å². The molecule has 0 N–H and O–H groups in total. The second kappa shape index (κ2) is 6.96. The third kappa shape index (κ3) is 3.02. The molecule has 0 radical (unpaired) electrons. The number of fused-ring (bicyclic) bond motifs is 2. The minimum Gasteiger partial charge on any atom is -0.330 e. The molecule has 1 aliphatic carbocycles. The minimum atomic E-state index is -0.210. The van der Waals surface area contributed by atoms with Crippen LogP contribution in [0.5, 0.6) is 0 Å². The summed E-state index contributed by atoms with van der Waals surface area (Å²) in [6.45, 7) is 3.41. The van der Waals surface area contributed by atoms with Crippen LogP contribution in [-0.2, 0) is 13.0 Å². The maximum absolute atomic E-state index is 13.3. The Morgan fingerprint density at radius 3 is 2.89 bits per heavy atom. The van der Waals surface area contributed by atoms with E-state index in [2.05, 4.69) is 32.9 Å². The Kier molecular flexibility index (Phi) is 4.43. The molecule has 0 unspecified atom stereocenters. The Hall–Kier alpha value is -2.27. The fourth-order valence-electron chi connectivity index (χ4n) is 5.03. The van der Waals surface area contributed by atoms with Crippen LogP contribution in [0.2, 0.25) is 0 Å². The zero-order chi connectivity index (χ0) is 19.1. The number of rotatable bonds is 4. The van der Waals surface area contributed by atoms with Gasteiger partial charge in [-0.3, -0.25) is 0 Å². The molecule has 3 heterocycles. The van der Waals surface area contributed by atoms with Gasteiger partial charge in [-0.25, -0.2) is 14.4 Å². The van der Waals surface area contributed by atoms with Crippen LogP contribution in [0.4, 0.5) is 4.39 Å². The predicted molar refractivity (Wildman–Crippen MR) is 111 cm³/mol. The summed E-state index contributed by atoms with van der Waals surface area (Å²) in [5.41, 5.74) is 4.84. The third-order valence-corrected chi connectivity index (χ3v) is 7.47. The lowest BCUT2D eigenvalue weighted by molar-refractivity contribution is 0.143. The Bertz CT molecular complexity index is 1000. The molecule has 0 bridgehead atoms. The molecule has 1 fully saturated rings. The maximum atomic E-state index is 13.3. The summed E-state index contributed by atoms with van der Waals surface area (Å²) in [7, 11) is 0. The standard InChI is InChI=1S/C23H24FN3S/c1-23-14-27-15-26-22(16-5-8-19(24)9-6-16)20(27)13-18(23)4-2-3-17(23)7-10-21-25-11-12-28-21/h5-6,8-9,11-13,15,17H,2-4,7,10,14H2,1H3/t17-,23-/m1/s1. The average molecular weight is 394 g/mol. The highest BCUT2D eigenvalue weighted by Gasteiger charge is 2.42. The van der Waals surface area contributed by atoms with Gasteiger partial charge in [-0.05, 0) is 68.4 Å². The first-order valence-electron chi connectivity index (χ1n) is 10.0. The number of nitrogens with zero attached hydrogens (tertiary/aromatic N) is 3. The summed E-state index contributed by atoms with van der Waals surface area (Å²) in [4.78, 5) is 9.15. The molecule has 1 aliphatic heterocycles. The van der Waals surface area contributed by atoms with E-state index in [1.807, 2.05) is 24.7 Å². The number of hydrogen-bond donors (Lipinski definition) is 0. The summed E-state index contributed by atoms with van der Waals surface area (Å²) in [5, 5.41) is 3.32. The molecular weight excluding hydrogens is 369 g/mol. The maximum Gasteiger partial charge on any atom is 0.123 e. The molecule has 0 spiro atoms. The fraction of sp³-hybridized carbons (Fsp3) is 0.391. The molecule has 2 aliphatic rings. The normalized spacial score (nSPS) is 23.8. The first-order chi connectivity index (χ1) is 13.6. The molecule has 144 valence electrons.